The van der Waals surface area contributed by atoms with Crippen molar-refractivity contribution < 1.29 is 42.1 Å². The molecule has 0 radical (unpaired) electrons. The maximum atomic E-state index is 14.9. The zero-order chi connectivity index (χ0) is 40.2. The fourth-order valence-electron chi connectivity index (χ4n) is 8.44. The van der Waals surface area contributed by atoms with Crippen molar-refractivity contribution in [2.24, 2.45) is 23.2 Å². The van der Waals surface area contributed by atoms with E-state index in [0.29, 0.717) is 54.0 Å². The second-order valence-corrected chi connectivity index (χ2v) is 19.3. The van der Waals surface area contributed by atoms with Gasteiger partial charge in [-0.25, -0.2) is 23.2 Å². The summed E-state index contributed by atoms with van der Waals surface area (Å²) in [4.78, 5) is 54.3. The summed E-state index contributed by atoms with van der Waals surface area (Å²) < 4.78 is 46.2. The Morgan fingerprint density at radius 1 is 1.14 bits per heavy atom. The summed E-state index contributed by atoms with van der Waals surface area (Å²) in [6, 6.07) is 3.28. The molecule has 1 aromatic heterocycles. The van der Waals surface area contributed by atoms with E-state index in [4.69, 9.17) is 24.2 Å². The number of carbonyl (C=O) groups excluding carboxylic acids is 3. The fraction of sp³-hybridized carbons (Fsp3) is 0.675. The number of carbonyl (C=O) groups is 3. The van der Waals surface area contributed by atoms with Gasteiger partial charge in [-0.15, -0.1) is 6.58 Å². The largest absolute Gasteiger partial charge is 0.497 e. The third-order valence-electron chi connectivity index (χ3n) is 12.2. The number of aliphatic hydroxyl groups excluding tert-OH is 1. The highest BCUT2D eigenvalue weighted by Crippen LogP contribution is 2.48. The molecule has 2 bridgehead atoms. The normalized spacial score (nSPS) is 31.7. The number of nitrogens with one attached hydrogen (secondary N) is 3. The third kappa shape index (κ3) is 8.19. The van der Waals surface area contributed by atoms with Crippen molar-refractivity contribution in [1.29, 1.82) is 0 Å². The number of rotatable bonds is 9. The highest BCUT2D eigenvalue weighted by Gasteiger charge is 2.62. The van der Waals surface area contributed by atoms with Gasteiger partial charge in [-0.1, -0.05) is 46.6 Å². The molecule has 306 valence electrons. The molecule has 9 atom stereocenters. The zero-order valence-corrected chi connectivity index (χ0v) is 33.8. The summed E-state index contributed by atoms with van der Waals surface area (Å²) in [5.74, 6) is -0.900. The molecule has 56 heavy (non-hydrogen) atoms. The zero-order valence-electron chi connectivity index (χ0n) is 33.0. The van der Waals surface area contributed by atoms with E-state index in [9.17, 15) is 27.9 Å². The minimum Gasteiger partial charge on any atom is -0.497 e. The summed E-state index contributed by atoms with van der Waals surface area (Å²) in [5, 5.41) is 16.6. The molecule has 2 aliphatic heterocycles. The number of aryl methyl sites for hydroxylation is 1. The number of ether oxygens (including phenoxy) is 3. The number of hydrogen-bond donors (Lipinski definition) is 4. The highest BCUT2D eigenvalue weighted by molar-refractivity contribution is 7.90. The first-order valence-corrected chi connectivity index (χ1v) is 21.6. The van der Waals surface area contributed by atoms with E-state index >= 15 is 0 Å². The first-order chi connectivity index (χ1) is 26.6. The van der Waals surface area contributed by atoms with Crippen LogP contribution in [-0.4, -0.2) is 101 Å². The lowest BCUT2D eigenvalue weighted by molar-refractivity contribution is -0.143. The second kappa shape index (κ2) is 15.4. The number of fused-ring (bicyclic) bond motifs is 5. The van der Waals surface area contributed by atoms with Crippen LogP contribution in [0.15, 0.2) is 30.9 Å². The summed E-state index contributed by atoms with van der Waals surface area (Å²) in [5.41, 5.74) is -0.231. The average Bonchev–Trinajstić information content (AvgIpc) is 4.07. The van der Waals surface area contributed by atoms with Crippen LogP contribution >= 0.6 is 0 Å². The number of aromatic nitrogens is 2. The van der Waals surface area contributed by atoms with E-state index in [1.165, 1.54) is 4.90 Å². The van der Waals surface area contributed by atoms with Gasteiger partial charge in [-0.05, 0) is 74.8 Å². The molecule has 1 saturated heterocycles. The van der Waals surface area contributed by atoms with Crippen molar-refractivity contribution in [1.82, 2.24) is 30.2 Å². The first-order valence-electron chi connectivity index (χ1n) is 20.0. The van der Waals surface area contributed by atoms with E-state index in [-0.39, 0.29) is 25.0 Å². The quantitative estimate of drug-likeness (QED) is 0.213. The summed E-state index contributed by atoms with van der Waals surface area (Å²) >= 11 is 0. The van der Waals surface area contributed by atoms with E-state index < -0.39 is 80.4 Å². The van der Waals surface area contributed by atoms with Crippen LogP contribution in [0.3, 0.4) is 0 Å². The Kier molecular flexibility index (Phi) is 11.0. The predicted octanol–water partition coefficient (Wildman–Crippen LogP) is 3.73. The molecule has 4 N–H and O–H groups in total. The van der Waals surface area contributed by atoms with Crippen molar-refractivity contribution in [2.75, 3.05) is 13.7 Å². The molecular weight excluding hydrogens is 741 g/mol. The number of benzene rings is 1. The molecule has 1 aromatic carbocycles. The van der Waals surface area contributed by atoms with Gasteiger partial charge in [0.05, 0.1) is 35.5 Å². The molecular formula is C40H56N6O9S. The lowest BCUT2D eigenvalue weighted by Gasteiger charge is -2.36. The number of nitrogens with zero attached hydrogens (tertiary/aromatic N) is 3. The summed E-state index contributed by atoms with van der Waals surface area (Å²) in [7, 11) is -2.24. The minimum absolute atomic E-state index is 0.0184. The molecule has 3 aliphatic carbocycles. The van der Waals surface area contributed by atoms with E-state index in [1.54, 1.807) is 19.3 Å². The smallest absolute Gasteiger partial charge is 0.408 e. The molecule has 16 heteroatoms. The summed E-state index contributed by atoms with van der Waals surface area (Å²) in [6.45, 7) is 11.2. The third-order valence-corrected chi connectivity index (χ3v) is 14.1. The fourth-order valence-corrected chi connectivity index (χ4v) is 9.92. The van der Waals surface area contributed by atoms with Gasteiger partial charge in [0, 0.05) is 17.9 Å². The number of methoxy groups -OCH3 is 1. The van der Waals surface area contributed by atoms with E-state index in [1.807, 2.05) is 39.8 Å². The Hall–Kier alpha value is -4.02. The van der Waals surface area contributed by atoms with Crippen LogP contribution in [0.5, 0.6) is 11.6 Å². The van der Waals surface area contributed by atoms with Gasteiger partial charge in [0.15, 0.2) is 0 Å². The molecule has 0 spiro atoms. The van der Waals surface area contributed by atoms with Crippen molar-refractivity contribution in [2.45, 2.75) is 133 Å². The Morgan fingerprint density at radius 2 is 1.91 bits per heavy atom. The molecule has 4 fully saturated rings. The average molecular weight is 797 g/mol. The second-order valence-electron chi connectivity index (χ2n) is 17.3. The lowest BCUT2D eigenvalue weighted by Crippen LogP contribution is -2.62. The van der Waals surface area contributed by atoms with Gasteiger partial charge in [-0.2, -0.15) is 4.72 Å². The highest BCUT2D eigenvalue weighted by atomic mass is 32.2. The number of aliphatic hydroxyl groups is 1. The molecule has 2 unspecified atom stereocenters. The van der Waals surface area contributed by atoms with Gasteiger partial charge in [0.2, 0.25) is 27.7 Å². The van der Waals surface area contributed by atoms with Crippen molar-refractivity contribution >= 4 is 39.0 Å². The SMILES string of the molecule is C=C[C@@H]1C[C@]1(NC(=O)[C@@H]1C(CC)[C@@H]2CN1C(=O)[C@H](C(C)(C)C)NC(=O)O[C@@H]1C[C@H]1CCCCCc1nc3ccc(OC)cc3nc1O2)C(O)NS(=O)(=O)C1CC1. The van der Waals surface area contributed by atoms with E-state index in [2.05, 4.69) is 21.9 Å². The van der Waals surface area contributed by atoms with Crippen LogP contribution in [0, 0.1) is 23.2 Å². The van der Waals surface area contributed by atoms with Gasteiger partial charge in [0.25, 0.3) is 0 Å². The monoisotopic (exact) mass is 796 g/mol. The number of sulfonamides is 1. The van der Waals surface area contributed by atoms with Crippen molar-refractivity contribution in [3.8, 4) is 11.6 Å². The molecule has 3 saturated carbocycles. The minimum atomic E-state index is -3.82. The maximum absolute atomic E-state index is 14.9. The van der Waals surface area contributed by atoms with Crippen LogP contribution < -0.4 is 24.8 Å². The number of amides is 3. The predicted molar refractivity (Wildman–Crippen MR) is 207 cm³/mol. The molecule has 7 rings (SSSR count). The van der Waals surface area contributed by atoms with Crippen LogP contribution in [0.1, 0.15) is 91.2 Å². The Bertz CT molecular complexity index is 1970. The van der Waals surface area contributed by atoms with E-state index in [0.717, 1.165) is 32.1 Å². The number of hydrogen-bond acceptors (Lipinski definition) is 11. The van der Waals surface area contributed by atoms with Gasteiger partial charge < -0.3 is 34.9 Å². The topological polar surface area (TPSA) is 198 Å². The maximum Gasteiger partial charge on any atom is 0.408 e. The van der Waals surface area contributed by atoms with Gasteiger partial charge in [-0.3, -0.25) is 9.59 Å². The molecule has 2 aromatic rings. The van der Waals surface area contributed by atoms with Gasteiger partial charge >= 0.3 is 6.09 Å². The number of alkyl carbamates (subject to hydrolysis) is 1. The van der Waals surface area contributed by atoms with Crippen LogP contribution in [-0.2, 0) is 30.8 Å². The lowest BCUT2D eigenvalue weighted by atomic mass is 9.85. The van der Waals surface area contributed by atoms with Gasteiger partial charge in [0.1, 0.15) is 42.0 Å². The van der Waals surface area contributed by atoms with Crippen molar-refractivity contribution in [3.63, 3.8) is 0 Å². The van der Waals surface area contributed by atoms with Crippen LogP contribution in [0.4, 0.5) is 4.79 Å². The molecule has 3 amide bonds. The molecule has 5 aliphatic rings. The Balaban J connectivity index is 1.26. The Morgan fingerprint density at radius 3 is 2.57 bits per heavy atom. The first kappa shape index (κ1) is 40.2. The standard InChI is InChI=1S/C40H56N6O9S/c1-7-23-20-40(23,37(49)45-56(51,52)25-15-16-25)44-34(47)32-26(8-2)31-21-46(32)36(48)33(39(3,4)5)43-38(50)55-30-18-22(30)12-10-9-11-13-28-35(54-31)42-29-19-24(53-6)14-17-27(29)41-28/h7,14,17,19,22-23,25-26,30-33,37,45,49H,1,8-13,15-16,18,20-21H2,2-6H3,(H,43,50)(H,44,47)/t22-,23-,26?,30-,31+,32+,33-,37?,40-/m1/s1. The Labute approximate surface area is 328 Å². The summed E-state index contributed by atoms with van der Waals surface area (Å²) in [6.07, 6.45) is 4.98. The molecule has 3 heterocycles. The van der Waals surface area contributed by atoms with Crippen LogP contribution in [0.2, 0.25) is 0 Å². The van der Waals surface area contributed by atoms with Crippen LogP contribution in [0.25, 0.3) is 11.0 Å². The molecule has 15 nitrogen and oxygen atoms in total. The van der Waals surface area contributed by atoms with Crippen molar-refractivity contribution in [3.05, 3.63) is 36.5 Å².